The van der Waals surface area contributed by atoms with Crippen LogP contribution in [0, 0.1) is 0 Å². The molecule has 1 amide bonds. The fourth-order valence-corrected chi connectivity index (χ4v) is 5.23. The monoisotopic (exact) mass is 609 g/mol. The zero-order chi connectivity index (χ0) is 29.3. The van der Waals surface area contributed by atoms with Crippen LogP contribution in [0.3, 0.4) is 0 Å². The number of benzene rings is 1. The maximum atomic E-state index is 13.7. The number of hydrogen-bond acceptors (Lipinski definition) is 7. The third-order valence-corrected chi connectivity index (χ3v) is 7.40. The lowest BCUT2D eigenvalue weighted by Crippen LogP contribution is -2.40. The smallest absolute Gasteiger partial charge is 0.432 e. The van der Waals surface area contributed by atoms with Crippen molar-refractivity contribution in [1.82, 2.24) is 14.8 Å². The Labute approximate surface area is 230 Å². The van der Waals surface area contributed by atoms with Crippen LogP contribution in [-0.2, 0) is 20.9 Å². The van der Waals surface area contributed by atoms with Crippen molar-refractivity contribution in [3.63, 3.8) is 0 Å². The first-order chi connectivity index (χ1) is 18.1. The molecule has 1 aromatic carbocycles. The molecule has 0 aliphatic heterocycles. The molecule has 39 heavy (non-hydrogen) atoms. The number of carbonyl (C=O) groups is 2. The average Bonchev–Trinajstić information content (AvgIpc) is 3.31. The Morgan fingerprint density at radius 2 is 1.85 bits per heavy atom. The van der Waals surface area contributed by atoms with Crippen LogP contribution in [0.25, 0.3) is 0 Å². The van der Waals surface area contributed by atoms with Crippen molar-refractivity contribution in [1.29, 1.82) is 0 Å². The van der Waals surface area contributed by atoms with Gasteiger partial charge in [0.2, 0.25) is 0 Å². The zero-order valence-corrected chi connectivity index (χ0v) is 22.7. The van der Waals surface area contributed by atoms with Crippen LogP contribution in [0.2, 0.25) is 10.0 Å². The highest BCUT2D eigenvalue weighted by Crippen LogP contribution is 2.37. The van der Waals surface area contributed by atoms with E-state index in [1.807, 2.05) is 0 Å². The molecular weight excluding hydrogens is 590 g/mol. The van der Waals surface area contributed by atoms with Gasteiger partial charge in [-0.05, 0) is 38.1 Å². The van der Waals surface area contributed by atoms with E-state index in [-0.39, 0.29) is 10.8 Å². The highest BCUT2D eigenvalue weighted by molar-refractivity contribution is 7.92. The van der Waals surface area contributed by atoms with Crippen LogP contribution < -0.4 is 9.21 Å². The molecule has 0 atom stereocenters. The average molecular weight is 610 g/mol. The second kappa shape index (κ2) is 11.4. The third-order valence-electron chi connectivity index (χ3n) is 5.14. The molecule has 0 saturated carbocycles. The van der Waals surface area contributed by atoms with E-state index in [0.717, 1.165) is 42.6 Å². The summed E-state index contributed by atoms with van der Waals surface area (Å²) in [4.78, 5) is 29.2. The first-order valence-corrected chi connectivity index (χ1v) is 13.0. The van der Waals surface area contributed by atoms with E-state index in [9.17, 15) is 31.2 Å². The quantitative estimate of drug-likeness (QED) is 0.353. The first kappa shape index (κ1) is 30.1. The number of aromatic nitrogens is 3. The Balaban J connectivity index is 2.20. The summed E-state index contributed by atoms with van der Waals surface area (Å²) in [5.74, 6) is -0.996. The molecule has 0 saturated heterocycles. The summed E-state index contributed by atoms with van der Waals surface area (Å²) in [7, 11) is -3.69. The normalized spacial score (nSPS) is 12.0. The number of hydrogen-bond donors (Lipinski definition) is 1. The number of sulfonamides is 1. The number of pyridine rings is 1. The SMILES string of the molecule is COCN(c1cc(Cl)cnc1C(=O)N(c1ccn(C(=O)O)n1)C(C)C)S(=O)(=O)c1ccc(Cl)c(C(F)(F)F)c1. The molecule has 2 aromatic heterocycles. The summed E-state index contributed by atoms with van der Waals surface area (Å²) < 4.78 is 73.7. The lowest BCUT2D eigenvalue weighted by molar-refractivity contribution is -0.137. The van der Waals surface area contributed by atoms with Crippen molar-refractivity contribution >= 4 is 56.7 Å². The number of rotatable bonds is 8. The third kappa shape index (κ3) is 6.27. The van der Waals surface area contributed by atoms with E-state index in [1.165, 1.54) is 6.07 Å². The molecule has 17 heteroatoms. The van der Waals surface area contributed by atoms with Gasteiger partial charge in [-0.25, -0.2) is 22.5 Å². The predicted octanol–water partition coefficient (Wildman–Crippen LogP) is 4.98. The number of carboxylic acid groups (broad SMARTS) is 1. The molecule has 0 aliphatic carbocycles. The second-order valence-corrected chi connectivity index (χ2v) is 10.8. The first-order valence-electron chi connectivity index (χ1n) is 10.8. The van der Waals surface area contributed by atoms with Gasteiger partial charge in [0.05, 0.1) is 26.2 Å². The van der Waals surface area contributed by atoms with Gasteiger partial charge in [0.15, 0.2) is 11.5 Å². The molecule has 0 radical (unpaired) electrons. The van der Waals surface area contributed by atoms with Gasteiger partial charge in [-0.2, -0.15) is 17.9 Å². The van der Waals surface area contributed by atoms with Crippen LogP contribution in [0.1, 0.15) is 29.9 Å². The molecule has 2 heterocycles. The summed E-state index contributed by atoms with van der Waals surface area (Å²) in [6.07, 6.45) is -4.21. The van der Waals surface area contributed by atoms with Gasteiger partial charge in [-0.3, -0.25) is 9.69 Å². The maximum absolute atomic E-state index is 13.7. The molecule has 3 aromatic rings. The molecule has 0 aliphatic rings. The lowest BCUT2D eigenvalue weighted by atomic mass is 10.2. The van der Waals surface area contributed by atoms with Gasteiger partial charge in [0.1, 0.15) is 6.73 Å². The Morgan fingerprint density at radius 3 is 2.38 bits per heavy atom. The largest absolute Gasteiger partial charge is 0.463 e. The Bertz CT molecular complexity index is 1510. The van der Waals surface area contributed by atoms with Crippen molar-refractivity contribution in [2.45, 2.75) is 31.0 Å². The minimum absolute atomic E-state index is 0.0891. The van der Waals surface area contributed by atoms with Gasteiger partial charge >= 0.3 is 12.3 Å². The van der Waals surface area contributed by atoms with E-state index >= 15 is 0 Å². The van der Waals surface area contributed by atoms with Crippen molar-refractivity contribution < 1.29 is 41.0 Å². The van der Waals surface area contributed by atoms with E-state index in [2.05, 4.69) is 10.1 Å². The number of ether oxygens (including phenoxy) is 1. The number of alkyl halides is 3. The Hall–Kier alpha value is -3.40. The highest BCUT2D eigenvalue weighted by atomic mass is 35.5. The number of halogens is 5. The topological polar surface area (TPSA) is 135 Å². The maximum Gasteiger partial charge on any atom is 0.432 e. The molecular formula is C22H20Cl2F3N5O6S. The molecule has 11 nitrogen and oxygen atoms in total. The fraction of sp³-hybridized carbons (Fsp3) is 0.273. The van der Waals surface area contributed by atoms with Crippen molar-refractivity contribution in [2.75, 3.05) is 23.0 Å². The molecule has 0 spiro atoms. The fourth-order valence-electron chi connectivity index (χ4n) is 3.44. The lowest BCUT2D eigenvalue weighted by Gasteiger charge is -2.28. The standard InChI is InChI=1S/C22H20Cl2F3N5O6S/c1-12(2)32(18-6-7-30(29-18)21(34)35)20(33)19-17(8-13(23)10-28-19)31(11-38-3)39(36,37)14-4-5-16(24)15(9-14)22(25,26)27/h4-10,12H,11H2,1-3H3,(H,34,35). The zero-order valence-electron chi connectivity index (χ0n) is 20.3. The Morgan fingerprint density at radius 1 is 1.18 bits per heavy atom. The van der Waals surface area contributed by atoms with Gasteiger partial charge in [0.25, 0.3) is 15.9 Å². The van der Waals surface area contributed by atoms with Crippen LogP contribution in [0.15, 0.2) is 47.6 Å². The summed E-state index contributed by atoms with van der Waals surface area (Å²) in [6.45, 7) is 2.43. The number of nitrogens with zero attached hydrogens (tertiary/aromatic N) is 5. The second-order valence-electron chi connectivity index (χ2n) is 8.10. The van der Waals surface area contributed by atoms with E-state index in [1.54, 1.807) is 13.8 Å². The van der Waals surface area contributed by atoms with Crippen LogP contribution >= 0.6 is 23.2 Å². The van der Waals surface area contributed by atoms with Crippen LogP contribution in [-0.4, -0.2) is 60.2 Å². The van der Waals surface area contributed by atoms with Gasteiger partial charge < -0.3 is 9.84 Å². The summed E-state index contributed by atoms with van der Waals surface area (Å²) in [6, 6.07) is 3.71. The summed E-state index contributed by atoms with van der Waals surface area (Å²) in [5.41, 5.74) is -2.28. The minimum atomic E-state index is -4.95. The summed E-state index contributed by atoms with van der Waals surface area (Å²) in [5, 5.41) is 12.2. The highest BCUT2D eigenvalue weighted by Gasteiger charge is 2.37. The molecule has 0 bridgehead atoms. The number of methoxy groups -OCH3 is 1. The van der Waals surface area contributed by atoms with Crippen LogP contribution in [0.5, 0.6) is 0 Å². The molecule has 3 rings (SSSR count). The predicted molar refractivity (Wildman–Crippen MR) is 135 cm³/mol. The van der Waals surface area contributed by atoms with Crippen molar-refractivity contribution in [2.24, 2.45) is 0 Å². The molecule has 0 unspecified atom stereocenters. The Kier molecular flexibility index (Phi) is 8.79. The number of anilines is 2. The minimum Gasteiger partial charge on any atom is -0.463 e. The molecule has 1 N–H and O–H groups in total. The van der Waals surface area contributed by atoms with Gasteiger partial charge in [-0.15, -0.1) is 5.10 Å². The van der Waals surface area contributed by atoms with Crippen LogP contribution in [0.4, 0.5) is 29.5 Å². The molecule has 210 valence electrons. The summed E-state index contributed by atoms with van der Waals surface area (Å²) >= 11 is 11.7. The number of amides is 1. The van der Waals surface area contributed by atoms with Gasteiger partial charge in [0, 0.05) is 31.6 Å². The molecule has 0 fully saturated rings. The van der Waals surface area contributed by atoms with E-state index in [0.29, 0.717) is 15.1 Å². The van der Waals surface area contributed by atoms with E-state index in [4.69, 9.17) is 33.0 Å². The van der Waals surface area contributed by atoms with Gasteiger partial charge in [-0.1, -0.05) is 23.2 Å². The van der Waals surface area contributed by atoms with Crippen molar-refractivity contribution in [3.8, 4) is 0 Å². The van der Waals surface area contributed by atoms with E-state index < -0.39 is 67.8 Å². The van der Waals surface area contributed by atoms with Crippen molar-refractivity contribution in [3.05, 3.63) is 64.0 Å². The number of carbonyl (C=O) groups excluding carboxylic acids is 1.